The number of thioether (sulfide) groups is 1. The van der Waals surface area contributed by atoms with Gasteiger partial charge in [-0.1, -0.05) is 32.1 Å². The number of fused-ring (bicyclic) bond motifs is 1. The summed E-state index contributed by atoms with van der Waals surface area (Å²) in [6.45, 7) is 8.72. The lowest BCUT2D eigenvalue weighted by Crippen LogP contribution is -2.36. The minimum atomic E-state index is -0.732. The van der Waals surface area contributed by atoms with Gasteiger partial charge in [0.25, 0.3) is 0 Å². The summed E-state index contributed by atoms with van der Waals surface area (Å²) in [5.74, 6) is 0.691. The van der Waals surface area contributed by atoms with Crippen LogP contribution < -0.4 is 5.32 Å². The molecule has 2 aromatic rings. The monoisotopic (exact) mass is 314 g/mol. The van der Waals surface area contributed by atoms with Gasteiger partial charge in [-0.3, -0.25) is 0 Å². The third kappa shape index (κ3) is 3.65. The van der Waals surface area contributed by atoms with Gasteiger partial charge in [0.2, 0.25) is 10.1 Å². The third-order valence-electron chi connectivity index (χ3n) is 2.89. The van der Waals surface area contributed by atoms with Crippen LogP contribution in [0.1, 0.15) is 33.4 Å². The fourth-order valence-electron chi connectivity index (χ4n) is 1.76. The first-order valence-corrected chi connectivity index (χ1v) is 8.74. The summed E-state index contributed by atoms with van der Waals surface area (Å²) in [5, 5.41) is 18.6. The molecular formula is C13H22N4OS2. The minimum absolute atomic E-state index is 0.0308. The summed E-state index contributed by atoms with van der Waals surface area (Å²) in [6, 6.07) is 0. The Labute approximate surface area is 127 Å². The molecule has 0 spiro atoms. The SMILES string of the molecule is CSCC(C)(O)CNc1nn2cc(C(C)(C)C)nc2s1. The van der Waals surface area contributed by atoms with Crippen molar-refractivity contribution in [3.8, 4) is 0 Å². The Morgan fingerprint density at radius 2 is 2.10 bits per heavy atom. The lowest BCUT2D eigenvalue weighted by molar-refractivity contribution is 0.0997. The van der Waals surface area contributed by atoms with E-state index >= 15 is 0 Å². The van der Waals surface area contributed by atoms with Crippen LogP contribution in [0, 0.1) is 0 Å². The summed E-state index contributed by atoms with van der Waals surface area (Å²) in [4.78, 5) is 5.47. The highest BCUT2D eigenvalue weighted by Gasteiger charge is 2.21. The van der Waals surface area contributed by atoms with Gasteiger partial charge in [-0.2, -0.15) is 11.8 Å². The van der Waals surface area contributed by atoms with E-state index in [-0.39, 0.29) is 5.41 Å². The van der Waals surface area contributed by atoms with Crippen LogP contribution in [-0.4, -0.2) is 43.9 Å². The zero-order valence-electron chi connectivity index (χ0n) is 12.6. The van der Waals surface area contributed by atoms with Crippen molar-refractivity contribution >= 4 is 33.2 Å². The number of nitrogens with one attached hydrogen (secondary N) is 1. The second-order valence-electron chi connectivity index (χ2n) is 6.29. The summed E-state index contributed by atoms with van der Waals surface area (Å²) in [6.07, 6.45) is 3.96. The van der Waals surface area contributed by atoms with Crippen molar-refractivity contribution < 1.29 is 5.11 Å². The Hall–Kier alpha value is -0.790. The van der Waals surface area contributed by atoms with E-state index in [0.29, 0.717) is 12.3 Å². The third-order valence-corrected chi connectivity index (χ3v) is 4.68. The molecule has 1 unspecified atom stereocenters. The first-order valence-electron chi connectivity index (χ1n) is 6.53. The van der Waals surface area contributed by atoms with Crippen molar-refractivity contribution in [1.82, 2.24) is 14.6 Å². The number of hydrogen-bond acceptors (Lipinski definition) is 6. The van der Waals surface area contributed by atoms with Gasteiger partial charge >= 0.3 is 0 Å². The maximum atomic E-state index is 10.1. The van der Waals surface area contributed by atoms with E-state index < -0.39 is 5.60 Å². The number of imidazole rings is 1. The van der Waals surface area contributed by atoms with E-state index in [0.717, 1.165) is 15.8 Å². The molecule has 0 aliphatic heterocycles. The zero-order chi connectivity index (χ0) is 15.0. The van der Waals surface area contributed by atoms with E-state index in [1.165, 1.54) is 11.3 Å². The van der Waals surface area contributed by atoms with Crippen LogP contribution >= 0.6 is 23.1 Å². The largest absolute Gasteiger partial charge is 0.387 e. The van der Waals surface area contributed by atoms with Crippen LogP contribution in [0.2, 0.25) is 0 Å². The Balaban J connectivity index is 2.08. The molecule has 0 aliphatic carbocycles. The van der Waals surface area contributed by atoms with Gasteiger partial charge in [-0.25, -0.2) is 9.50 Å². The molecular weight excluding hydrogens is 292 g/mol. The quantitative estimate of drug-likeness (QED) is 0.888. The van der Waals surface area contributed by atoms with Gasteiger partial charge in [-0.05, 0) is 13.2 Å². The van der Waals surface area contributed by atoms with E-state index in [4.69, 9.17) is 0 Å². The highest BCUT2D eigenvalue weighted by atomic mass is 32.2. The molecule has 5 nitrogen and oxygen atoms in total. The van der Waals surface area contributed by atoms with E-state index in [1.807, 2.05) is 19.4 Å². The molecule has 2 aromatic heterocycles. The van der Waals surface area contributed by atoms with Gasteiger partial charge in [0.15, 0.2) is 0 Å². The Bertz CT molecular complexity index is 551. The van der Waals surface area contributed by atoms with Crippen molar-refractivity contribution in [2.45, 2.75) is 38.7 Å². The van der Waals surface area contributed by atoms with Crippen molar-refractivity contribution in [1.29, 1.82) is 0 Å². The summed E-state index contributed by atoms with van der Waals surface area (Å²) in [7, 11) is 0. The molecule has 112 valence electrons. The van der Waals surface area contributed by atoms with Crippen molar-refractivity contribution in [2.24, 2.45) is 0 Å². The molecule has 0 radical (unpaired) electrons. The highest BCUT2D eigenvalue weighted by Crippen LogP contribution is 2.26. The van der Waals surface area contributed by atoms with Crippen molar-refractivity contribution in [2.75, 3.05) is 23.9 Å². The zero-order valence-corrected chi connectivity index (χ0v) is 14.2. The van der Waals surface area contributed by atoms with Crippen LogP contribution in [0.3, 0.4) is 0 Å². The number of aromatic nitrogens is 3. The van der Waals surface area contributed by atoms with Gasteiger partial charge in [-0.15, -0.1) is 5.10 Å². The lowest BCUT2D eigenvalue weighted by atomic mass is 9.93. The van der Waals surface area contributed by atoms with E-state index in [1.54, 1.807) is 16.3 Å². The number of rotatable bonds is 5. The average Bonchev–Trinajstić information content (AvgIpc) is 2.82. The number of nitrogens with zero attached hydrogens (tertiary/aromatic N) is 3. The van der Waals surface area contributed by atoms with Gasteiger partial charge in [0, 0.05) is 17.7 Å². The summed E-state index contributed by atoms with van der Waals surface area (Å²) in [5.41, 5.74) is 0.337. The summed E-state index contributed by atoms with van der Waals surface area (Å²) < 4.78 is 1.80. The van der Waals surface area contributed by atoms with Gasteiger partial charge < -0.3 is 10.4 Å². The van der Waals surface area contributed by atoms with Gasteiger partial charge in [0.1, 0.15) is 0 Å². The second-order valence-corrected chi connectivity index (χ2v) is 8.12. The molecule has 7 heteroatoms. The van der Waals surface area contributed by atoms with Crippen molar-refractivity contribution in [3.05, 3.63) is 11.9 Å². The predicted octanol–water partition coefficient (Wildman–Crippen LogP) is 2.61. The maximum absolute atomic E-state index is 10.1. The van der Waals surface area contributed by atoms with Crippen LogP contribution in [0.4, 0.5) is 5.13 Å². The molecule has 0 fully saturated rings. The van der Waals surface area contributed by atoms with E-state index in [2.05, 4.69) is 36.2 Å². The molecule has 0 amide bonds. The second kappa shape index (κ2) is 5.54. The predicted molar refractivity (Wildman–Crippen MR) is 87.1 cm³/mol. The van der Waals surface area contributed by atoms with Crippen LogP contribution in [0.5, 0.6) is 0 Å². The van der Waals surface area contributed by atoms with Crippen LogP contribution in [0.15, 0.2) is 6.20 Å². The molecule has 1 atom stereocenters. The normalized spacial score (nSPS) is 15.5. The fourth-order valence-corrected chi connectivity index (χ4v) is 3.26. The first-order chi connectivity index (χ1) is 9.21. The minimum Gasteiger partial charge on any atom is -0.387 e. The summed E-state index contributed by atoms with van der Waals surface area (Å²) >= 11 is 3.14. The fraction of sp³-hybridized carbons (Fsp3) is 0.692. The molecule has 2 N–H and O–H groups in total. The van der Waals surface area contributed by atoms with Gasteiger partial charge in [0.05, 0.1) is 17.5 Å². The number of hydrogen-bond donors (Lipinski definition) is 2. The molecule has 0 saturated heterocycles. The molecule has 20 heavy (non-hydrogen) atoms. The standard InChI is InChI=1S/C13H22N4OS2/c1-12(2,3)9-6-17-11(15-9)20-10(16-17)14-7-13(4,18)8-19-5/h6,18H,7-8H2,1-5H3,(H,14,16). The molecule has 0 aliphatic rings. The maximum Gasteiger partial charge on any atom is 0.214 e. The smallest absolute Gasteiger partial charge is 0.214 e. The highest BCUT2D eigenvalue weighted by molar-refractivity contribution is 7.98. The molecule has 0 saturated carbocycles. The van der Waals surface area contributed by atoms with Crippen molar-refractivity contribution in [3.63, 3.8) is 0 Å². The first kappa shape index (κ1) is 15.6. The number of anilines is 1. The Morgan fingerprint density at radius 1 is 1.40 bits per heavy atom. The van der Waals surface area contributed by atoms with Crippen LogP contribution in [-0.2, 0) is 5.41 Å². The average molecular weight is 314 g/mol. The molecule has 0 bridgehead atoms. The van der Waals surface area contributed by atoms with Crippen LogP contribution in [0.25, 0.3) is 4.96 Å². The molecule has 2 heterocycles. The lowest BCUT2D eigenvalue weighted by Gasteiger charge is -2.21. The topological polar surface area (TPSA) is 62.5 Å². The Kier molecular flexibility index (Phi) is 4.32. The number of aliphatic hydroxyl groups is 1. The Morgan fingerprint density at radius 3 is 2.65 bits per heavy atom. The molecule has 2 rings (SSSR count). The molecule has 0 aromatic carbocycles. The van der Waals surface area contributed by atoms with E-state index in [9.17, 15) is 5.11 Å².